The zero-order valence-electron chi connectivity index (χ0n) is 12.9. The predicted molar refractivity (Wildman–Crippen MR) is 91.0 cm³/mol. The highest BCUT2D eigenvalue weighted by Crippen LogP contribution is 2.25. The van der Waals surface area contributed by atoms with Gasteiger partial charge in [-0.2, -0.15) is 0 Å². The zero-order chi connectivity index (χ0) is 17.1. The van der Waals surface area contributed by atoms with Crippen molar-refractivity contribution >= 4 is 11.3 Å². The molecular weight excluding hydrogens is 341 g/mol. The summed E-state index contributed by atoms with van der Waals surface area (Å²) >= 11 is 1.50. The maximum absolute atomic E-state index is 13.0. The van der Waals surface area contributed by atoms with Gasteiger partial charge in [0.25, 0.3) is 0 Å². The van der Waals surface area contributed by atoms with Crippen LogP contribution < -0.4 is 4.74 Å². The monoisotopic (exact) mass is 353 g/mol. The van der Waals surface area contributed by atoms with Gasteiger partial charge in [0, 0.05) is 17.0 Å². The van der Waals surface area contributed by atoms with Crippen molar-refractivity contribution in [2.24, 2.45) is 0 Å². The van der Waals surface area contributed by atoms with Crippen molar-refractivity contribution in [1.82, 2.24) is 25.2 Å². The van der Waals surface area contributed by atoms with Gasteiger partial charge < -0.3 is 4.74 Å². The molecule has 0 amide bonds. The van der Waals surface area contributed by atoms with Gasteiger partial charge in [0.1, 0.15) is 29.5 Å². The second-order valence-corrected chi connectivity index (χ2v) is 6.05. The van der Waals surface area contributed by atoms with Gasteiger partial charge in [-0.1, -0.05) is 6.07 Å². The Balaban J connectivity index is 1.45. The van der Waals surface area contributed by atoms with E-state index in [0.29, 0.717) is 12.4 Å². The van der Waals surface area contributed by atoms with Crippen LogP contribution in [0, 0.1) is 5.82 Å². The Morgan fingerprint density at radius 3 is 2.80 bits per heavy atom. The van der Waals surface area contributed by atoms with E-state index in [0.717, 1.165) is 22.0 Å². The van der Waals surface area contributed by atoms with Crippen LogP contribution in [0.15, 0.2) is 60.2 Å². The minimum absolute atomic E-state index is 0.258. The second kappa shape index (κ2) is 6.78. The van der Waals surface area contributed by atoms with E-state index in [2.05, 4.69) is 20.5 Å². The summed E-state index contributed by atoms with van der Waals surface area (Å²) in [6.07, 6.45) is 1.52. The van der Waals surface area contributed by atoms with Crippen LogP contribution in [0.5, 0.6) is 5.75 Å². The zero-order valence-corrected chi connectivity index (χ0v) is 13.7. The summed E-state index contributed by atoms with van der Waals surface area (Å²) in [5.74, 6) is 0.440. The maximum atomic E-state index is 13.0. The molecule has 0 N–H and O–H groups in total. The SMILES string of the molecule is Fc1ccc(-c2nc(COc3cccc(-n4cnnn4)c3)cs2)cc1. The Bertz CT molecular complexity index is 969. The van der Waals surface area contributed by atoms with E-state index >= 15 is 0 Å². The molecule has 0 unspecified atom stereocenters. The first-order valence-corrected chi connectivity index (χ1v) is 8.32. The Kier molecular flexibility index (Phi) is 4.17. The molecule has 0 spiro atoms. The van der Waals surface area contributed by atoms with E-state index in [-0.39, 0.29) is 5.82 Å². The van der Waals surface area contributed by atoms with Crippen molar-refractivity contribution in [2.45, 2.75) is 6.61 Å². The number of hydrogen-bond donors (Lipinski definition) is 0. The highest BCUT2D eigenvalue weighted by molar-refractivity contribution is 7.13. The normalized spacial score (nSPS) is 10.8. The number of halogens is 1. The molecule has 0 saturated heterocycles. The molecule has 4 aromatic rings. The molecule has 0 saturated carbocycles. The van der Waals surface area contributed by atoms with Gasteiger partial charge in [0.15, 0.2) is 0 Å². The number of thiazole rings is 1. The van der Waals surface area contributed by atoms with Crippen LogP contribution in [0.25, 0.3) is 16.3 Å². The number of nitrogens with zero attached hydrogens (tertiary/aromatic N) is 5. The smallest absolute Gasteiger partial charge is 0.143 e. The van der Waals surface area contributed by atoms with Crippen molar-refractivity contribution < 1.29 is 9.13 Å². The standard InChI is InChI=1S/C17H12FN5OS/c18-13-6-4-12(5-7-13)17-20-14(10-25-17)9-24-16-3-1-2-15(8-16)23-11-19-21-22-23/h1-8,10-11H,9H2. The molecule has 0 aliphatic rings. The van der Waals surface area contributed by atoms with Crippen LogP contribution in [-0.4, -0.2) is 25.2 Å². The first-order chi connectivity index (χ1) is 12.3. The number of ether oxygens (including phenoxy) is 1. The van der Waals surface area contributed by atoms with Crippen molar-refractivity contribution in [3.8, 4) is 22.0 Å². The molecule has 4 rings (SSSR count). The van der Waals surface area contributed by atoms with Crippen molar-refractivity contribution in [2.75, 3.05) is 0 Å². The van der Waals surface area contributed by atoms with Gasteiger partial charge in [-0.3, -0.25) is 0 Å². The fraction of sp³-hybridized carbons (Fsp3) is 0.0588. The highest BCUT2D eigenvalue weighted by atomic mass is 32.1. The van der Waals surface area contributed by atoms with E-state index < -0.39 is 0 Å². The maximum Gasteiger partial charge on any atom is 0.143 e. The summed E-state index contributed by atoms with van der Waals surface area (Å²) in [6.45, 7) is 0.344. The Morgan fingerprint density at radius 2 is 2.00 bits per heavy atom. The predicted octanol–water partition coefficient (Wildman–Crippen LogP) is 3.50. The molecule has 8 heteroatoms. The van der Waals surface area contributed by atoms with Crippen LogP contribution in [0.1, 0.15) is 5.69 Å². The summed E-state index contributed by atoms with van der Waals surface area (Å²) in [7, 11) is 0. The molecule has 124 valence electrons. The van der Waals surface area contributed by atoms with Crippen LogP contribution in [0.3, 0.4) is 0 Å². The molecule has 6 nitrogen and oxygen atoms in total. The third kappa shape index (κ3) is 3.53. The Morgan fingerprint density at radius 1 is 1.12 bits per heavy atom. The topological polar surface area (TPSA) is 65.7 Å². The number of hydrogen-bond acceptors (Lipinski definition) is 6. The largest absolute Gasteiger partial charge is 0.487 e. The molecule has 2 aromatic heterocycles. The van der Waals surface area contributed by atoms with Crippen LogP contribution >= 0.6 is 11.3 Å². The van der Waals surface area contributed by atoms with Gasteiger partial charge in [0.2, 0.25) is 0 Å². The van der Waals surface area contributed by atoms with Gasteiger partial charge in [-0.05, 0) is 46.8 Å². The highest BCUT2D eigenvalue weighted by Gasteiger charge is 2.07. The van der Waals surface area contributed by atoms with E-state index in [1.807, 2.05) is 29.6 Å². The van der Waals surface area contributed by atoms with Gasteiger partial charge in [0.05, 0.1) is 11.4 Å². The van der Waals surface area contributed by atoms with E-state index in [9.17, 15) is 4.39 Å². The number of aromatic nitrogens is 5. The fourth-order valence-corrected chi connectivity index (χ4v) is 3.06. The molecule has 0 radical (unpaired) electrons. The lowest BCUT2D eigenvalue weighted by molar-refractivity contribution is 0.302. The van der Waals surface area contributed by atoms with E-state index in [4.69, 9.17) is 4.74 Å². The third-order valence-electron chi connectivity index (χ3n) is 3.46. The third-order valence-corrected chi connectivity index (χ3v) is 4.40. The molecule has 0 fully saturated rings. The summed E-state index contributed by atoms with van der Waals surface area (Å²) in [5, 5.41) is 13.9. The molecule has 0 aliphatic carbocycles. The Hall–Kier alpha value is -3.13. The van der Waals surface area contributed by atoms with Crippen LogP contribution in [0.2, 0.25) is 0 Å². The van der Waals surface area contributed by atoms with Gasteiger partial charge in [-0.15, -0.1) is 16.4 Å². The molecular formula is C17H12FN5OS. The van der Waals surface area contributed by atoms with Crippen LogP contribution in [-0.2, 0) is 6.61 Å². The Labute approximate surface area is 146 Å². The van der Waals surface area contributed by atoms with Crippen molar-refractivity contribution in [3.05, 3.63) is 71.7 Å². The van der Waals surface area contributed by atoms with Crippen LogP contribution in [0.4, 0.5) is 4.39 Å². The van der Waals surface area contributed by atoms with E-state index in [1.54, 1.807) is 16.8 Å². The van der Waals surface area contributed by atoms with Crippen molar-refractivity contribution in [1.29, 1.82) is 0 Å². The van der Waals surface area contributed by atoms with Crippen molar-refractivity contribution in [3.63, 3.8) is 0 Å². The molecule has 0 atom stereocenters. The lowest BCUT2D eigenvalue weighted by atomic mass is 10.2. The molecule has 0 bridgehead atoms. The minimum Gasteiger partial charge on any atom is -0.487 e. The summed E-state index contributed by atoms with van der Waals surface area (Å²) in [4.78, 5) is 4.53. The molecule has 25 heavy (non-hydrogen) atoms. The van der Waals surface area contributed by atoms with E-state index in [1.165, 1.54) is 29.8 Å². The number of rotatable bonds is 5. The quantitative estimate of drug-likeness (QED) is 0.549. The summed E-state index contributed by atoms with van der Waals surface area (Å²) in [6, 6.07) is 13.8. The lowest BCUT2D eigenvalue weighted by Crippen LogP contribution is -1.98. The summed E-state index contributed by atoms with van der Waals surface area (Å²) in [5.41, 5.74) is 2.52. The van der Waals surface area contributed by atoms with Gasteiger partial charge >= 0.3 is 0 Å². The molecule has 2 aromatic carbocycles. The van der Waals surface area contributed by atoms with Gasteiger partial charge in [-0.25, -0.2) is 14.1 Å². The average molecular weight is 353 g/mol. The first-order valence-electron chi connectivity index (χ1n) is 7.44. The lowest BCUT2D eigenvalue weighted by Gasteiger charge is -2.06. The summed E-state index contributed by atoms with van der Waals surface area (Å²) < 4.78 is 20.4. The fourth-order valence-electron chi connectivity index (χ4n) is 2.25. The minimum atomic E-state index is -0.258. The first kappa shape index (κ1) is 15.4. The number of tetrazole rings is 1. The molecule has 2 heterocycles. The average Bonchev–Trinajstić information content (AvgIpc) is 3.33. The second-order valence-electron chi connectivity index (χ2n) is 5.19. The number of benzene rings is 2. The molecule has 0 aliphatic heterocycles.